The van der Waals surface area contributed by atoms with Crippen LogP contribution in [0, 0.1) is 17.2 Å². The number of nitriles is 1. The molecular formula is C6H8N4O. The molecule has 0 aliphatic rings. The van der Waals surface area contributed by atoms with E-state index in [2.05, 4.69) is 10.2 Å². The van der Waals surface area contributed by atoms with E-state index in [1.807, 2.05) is 6.07 Å². The van der Waals surface area contributed by atoms with Gasteiger partial charge in [0.25, 0.3) is 0 Å². The molecule has 1 unspecified atom stereocenters. The zero-order valence-electron chi connectivity index (χ0n) is 6.11. The second-order valence-corrected chi connectivity index (χ2v) is 2.34. The summed E-state index contributed by atoms with van der Waals surface area (Å²) in [7, 11) is 0. The fourth-order valence-electron chi connectivity index (χ4n) is 0.736. The van der Waals surface area contributed by atoms with Crippen molar-refractivity contribution in [2.24, 2.45) is 5.92 Å². The summed E-state index contributed by atoms with van der Waals surface area (Å²) in [5.74, 6) is -0.162. The summed E-state index contributed by atoms with van der Waals surface area (Å²) in [6.45, 7) is 2.14. The first-order valence-corrected chi connectivity index (χ1v) is 3.23. The highest BCUT2D eigenvalue weighted by Crippen LogP contribution is 1.93. The summed E-state index contributed by atoms with van der Waals surface area (Å²) in [4.78, 5) is 10.8. The zero-order valence-corrected chi connectivity index (χ0v) is 6.11. The molecule has 0 bridgehead atoms. The summed E-state index contributed by atoms with van der Waals surface area (Å²) in [5, 5.41) is 14.2. The summed E-state index contributed by atoms with van der Waals surface area (Å²) < 4.78 is 1.37. The summed E-state index contributed by atoms with van der Waals surface area (Å²) >= 11 is 0. The Morgan fingerprint density at radius 1 is 2.00 bits per heavy atom. The minimum absolute atomic E-state index is 0.162. The molecule has 11 heavy (non-hydrogen) atoms. The van der Waals surface area contributed by atoms with Crippen LogP contribution in [0.2, 0.25) is 0 Å². The van der Waals surface area contributed by atoms with Gasteiger partial charge in [-0.15, -0.1) is 0 Å². The molecule has 0 fully saturated rings. The van der Waals surface area contributed by atoms with Crippen molar-refractivity contribution < 1.29 is 0 Å². The largest absolute Gasteiger partial charge is 0.343 e. The van der Waals surface area contributed by atoms with Crippen LogP contribution in [0.1, 0.15) is 6.92 Å². The number of nitrogens with one attached hydrogen (secondary N) is 1. The van der Waals surface area contributed by atoms with Gasteiger partial charge in [-0.2, -0.15) is 10.4 Å². The number of aromatic nitrogens is 3. The molecule has 0 saturated carbocycles. The Morgan fingerprint density at radius 2 is 2.73 bits per heavy atom. The first-order chi connectivity index (χ1) is 5.24. The highest BCUT2D eigenvalue weighted by atomic mass is 16.1. The second-order valence-electron chi connectivity index (χ2n) is 2.34. The highest BCUT2D eigenvalue weighted by Gasteiger charge is 2.02. The molecule has 1 aromatic heterocycles. The van der Waals surface area contributed by atoms with Gasteiger partial charge in [0.1, 0.15) is 6.33 Å². The van der Waals surface area contributed by atoms with E-state index in [0.29, 0.717) is 6.54 Å². The lowest BCUT2D eigenvalue weighted by molar-refractivity contribution is 0.565. The molecule has 1 atom stereocenters. The lowest BCUT2D eigenvalue weighted by Gasteiger charge is -1.99. The SMILES string of the molecule is CC(C#N)Cn1cn[nH]c1=O. The molecule has 5 nitrogen and oxygen atoms in total. The van der Waals surface area contributed by atoms with Gasteiger partial charge >= 0.3 is 5.69 Å². The third kappa shape index (κ3) is 1.67. The molecule has 1 aromatic rings. The quantitative estimate of drug-likeness (QED) is 0.633. The lowest BCUT2D eigenvalue weighted by Crippen LogP contribution is -2.19. The summed E-state index contributed by atoms with van der Waals surface area (Å²) in [5.41, 5.74) is -0.271. The van der Waals surface area contributed by atoms with Gasteiger partial charge in [-0.05, 0) is 6.92 Å². The number of aromatic amines is 1. The van der Waals surface area contributed by atoms with Gasteiger partial charge in [-0.3, -0.25) is 4.57 Å². The van der Waals surface area contributed by atoms with Gasteiger partial charge < -0.3 is 0 Å². The second kappa shape index (κ2) is 3.01. The maximum absolute atomic E-state index is 10.8. The average Bonchev–Trinajstić information content (AvgIpc) is 2.37. The summed E-state index contributed by atoms with van der Waals surface area (Å²) in [6.07, 6.45) is 1.39. The standard InChI is InChI=1S/C6H8N4O/c1-5(2-7)3-10-4-8-9-6(10)11/h4-5H,3H2,1H3,(H,9,11). The molecule has 0 radical (unpaired) electrons. The van der Waals surface area contributed by atoms with E-state index >= 15 is 0 Å². The fourth-order valence-corrected chi connectivity index (χ4v) is 0.736. The van der Waals surface area contributed by atoms with Crippen molar-refractivity contribution in [3.05, 3.63) is 16.8 Å². The predicted molar refractivity (Wildman–Crippen MR) is 37.6 cm³/mol. The zero-order chi connectivity index (χ0) is 8.27. The molecular weight excluding hydrogens is 144 g/mol. The van der Waals surface area contributed by atoms with Gasteiger partial charge in [0.05, 0.1) is 12.0 Å². The van der Waals surface area contributed by atoms with Crippen LogP contribution in [-0.2, 0) is 6.54 Å². The minimum Gasteiger partial charge on any atom is -0.280 e. The van der Waals surface area contributed by atoms with Crippen LogP contribution in [-0.4, -0.2) is 14.8 Å². The van der Waals surface area contributed by atoms with Crippen molar-refractivity contribution in [2.45, 2.75) is 13.5 Å². The molecule has 0 aliphatic heterocycles. The molecule has 1 N–H and O–H groups in total. The van der Waals surface area contributed by atoms with Gasteiger partial charge in [0, 0.05) is 6.54 Å². The van der Waals surface area contributed by atoms with Crippen molar-refractivity contribution in [1.29, 1.82) is 5.26 Å². The van der Waals surface area contributed by atoms with Crippen molar-refractivity contribution in [3.8, 4) is 6.07 Å². The van der Waals surface area contributed by atoms with E-state index in [9.17, 15) is 4.79 Å². The fraction of sp³-hybridized carbons (Fsp3) is 0.500. The number of hydrogen-bond donors (Lipinski definition) is 1. The maximum Gasteiger partial charge on any atom is 0.343 e. The molecule has 0 amide bonds. The van der Waals surface area contributed by atoms with E-state index in [1.54, 1.807) is 6.92 Å². The van der Waals surface area contributed by atoms with Crippen LogP contribution in [0.4, 0.5) is 0 Å². The Hall–Kier alpha value is -1.57. The number of H-pyrrole nitrogens is 1. The Morgan fingerprint density at radius 3 is 3.18 bits per heavy atom. The van der Waals surface area contributed by atoms with Crippen molar-refractivity contribution >= 4 is 0 Å². The monoisotopic (exact) mass is 152 g/mol. The Kier molecular flexibility index (Phi) is 2.06. The van der Waals surface area contributed by atoms with E-state index in [-0.39, 0.29) is 11.6 Å². The van der Waals surface area contributed by atoms with Crippen LogP contribution in [0.5, 0.6) is 0 Å². The minimum atomic E-state index is -0.271. The molecule has 1 rings (SSSR count). The molecule has 0 aliphatic carbocycles. The molecule has 58 valence electrons. The van der Waals surface area contributed by atoms with Crippen LogP contribution in [0.15, 0.2) is 11.1 Å². The Labute approximate surface area is 63.3 Å². The Balaban J connectivity index is 2.74. The van der Waals surface area contributed by atoms with E-state index in [1.165, 1.54) is 10.9 Å². The van der Waals surface area contributed by atoms with Crippen molar-refractivity contribution in [1.82, 2.24) is 14.8 Å². The van der Waals surface area contributed by atoms with E-state index < -0.39 is 0 Å². The average molecular weight is 152 g/mol. The summed E-state index contributed by atoms with van der Waals surface area (Å²) in [6, 6.07) is 2.03. The van der Waals surface area contributed by atoms with E-state index in [0.717, 1.165) is 0 Å². The number of nitrogens with zero attached hydrogens (tertiary/aromatic N) is 3. The first-order valence-electron chi connectivity index (χ1n) is 3.23. The first kappa shape index (κ1) is 7.54. The normalized spacial score (nSPS) is 12.4. The molecule has 0 saturated heterocycles. The van der Waals surface area contributed by atoms with Gasteiger partial charge in [0.2, 0.25) is 0 Å². The topological polar surface area (TPSA) is 74.5 Å². The van der Waals surface area contributed by atoms with Gasteiger partial charge in [-0.25, -0.2) is 9.89 Å². The molecule has 5 heteroatoms. The third-order valence-corrected chi connectivity index (χ3v) is 1.31. The van der Waals surface area contributed by atoms with Crippen molar-refractivity contribution in [2.75, 3.05) is 0 Å². The van der Waals surface area contributed by atoms with Crippen LogP contribution >= 0.6 is 0 Å². The highest BCUT2D eigenvalue weighted by molar-refractivity contribution is 4.79. The van der Waals surface area contributed by atoms with Crippen molar-refractivity contribution in [3.63, 3.8) is 0 Å². The smallest absolute Gasteiger partial charge is 0.280 e. The third-order valence-electron chi connectivity index (χ3n) is 1.31. The molecule has 1 heterocycles. The van der Waals surface area contributed by atoms with Gasteiger partial charge in [-0.1, -0.05) is 0 Å². The Bertz CT molecular complexity index is 318. The maximum atomic E-state index is 10.8. The van der Waals surface area contributed by atoms with Crippen LogP contribution in [0.25, 0.3) is 0 Å². The lowest BCUT2D eigenvalue weighted by atomic mass is 10.2. The molecule has 0 spiro atoms. The number of rotatable bonds is 2. The predicted octanol–water partition coefficient (Wildman–Crippen LogP) is -0.269. The van der Waals surface area contributed by atoms with Gasteiger partial charge in [0.15, 0.2) is 0 Å². The molecule has 0 aromatic carbocycles. The van der Waals surface area contributed by atoms with Crippen LogP contribution in [0.3, 0.4) is 0 Å². The van der Waals surface area contributed by atoms with Crippen LogP contribution < -0.4 is 5.69 Å². The number of hydrogen-bond acceptors (Lipinski definition) is 3. The van der Waals surface area contributed by atoms with E-state index in [4.69, 9.17) is 5.26 Å².